The van der Waals surface area contributed by atoms with Crippen LogP contribution in [0.3, 0.4) is 0 Å². The average Bonchev–Trinajstić information content (AvgIpc) is 2.46. The highest BCUT2D eigenvalue weighted by atomic mass is 35.5. The van der Waals surface area contributed by atoms with Crippen LogP contribution in [0.5, 0.6) is 5.75 Å². The molecule has 2 aromatic carbocycles. The lowest BCUT2D eigenvalue weighted by atomic mass is 10.1. The number of fused-ring (bicyclic) bond motifs is 1. The Morgan fingerprint density at radius 2 is 1.84 bits per heavy atom. The Morgan fingerprint density at radius 1 is 1.00 bits per heavy atom. The van der Waals surface area contributed by atoms with Crippen LogP contribution in [0.15, 0.2) is 60.8 Å². The van der Waals surface area contributed by atoms with E-state index in [9.17, 15) is 0 Å². The average molecular weight is 270 g/mol. The largest absolute Gasteiger partial charge is 0.489 e. The fourth-order valence-corrected chi connectivity index (χ4v) is 2.15. The van der Waals surface area contributed by atoms with Gasteiger partial charge in [0.05, 0.1) is 10.5 Å². The van der Waals surface area contributed by atoms with Gasteiger partial charge in [-0.25, -0.2) is 0 Å². The quantitative estimate of drug-likeness (QED) is 0.700. The molecule has 0 unspecified atom stereocenters. The summed E-state index contributed by atoms with van der Waals surface area (Å²) in [5, 5.41) is 1.69. The van der Waals surface area contributed by atoms with Gasteiger partial charge in [0.1, 0.15) is 12.4 Å². The zero-order valence-electron chi connectivity index (χ0n) is 10.2. The van der Waals surface area contributed by atoms with Gasteiger partial charge in [0.25, 0.3) is 0 Å². The summed E-state index contributed by atoms with van der Waals surface area (Å²) in [6, 6.07) is 17.6. The molecule has 0 saturated carbocycles. The first kappa shape index (κ1) is 12.0. The van der Waals surface area contributed by atoms with Gasteiger partial charge in [0, 0.05) is 11.6 Å². The minimum atomic E-state index is 0.522. The maximum absolute atomic E-state index is 6.11. The van der Waals surface area contributed by atoms with Crippen LogP contribution in [0.4, 0.5) is 0 Å². The molecule has 3 rings (SSSR count). The van der Waals surface area contributed by atoms with Gasteiger partial charge in [-0.3, -0.25) is 4.98 Å². The number of hydrogen-bond acceptors (Lipinski definition) is 2. The van der Waals surface area contributed by atoms with E-state index in [1.165, 1.54) is 0 Å². The topological polar surface area (TPSA) is 22.1 Å². The van der Waals surface area contributed by atoms with E-state index in [0.717, 1.165) is 27.2 Å². The number of rotatable bonds is 3. The highest BCUT2D eigenvalue weighted by molar-refractivity contribution is 6.35. The highest BCUT2D eigenvalue weighted by Gasteiger charge is 2.02. The van der Waals surface area contributed by atoms with E-state index in [1.54, 1.807) is 12.3 Å². The summed E-state index contributed by atoms with van der Waals surface area (Å²) in [6.07, 6.45) is 1.71. The molecule has 0 aliphatic carbocycles. The van der Waals surface area contributed by atoms with Gasteiger partial charge in [-0.05, 0) is 29.8 Å². The Hall–Kier alpha value is -2.06. The third kappa shape index (κ3) is 2.69. The molecule has 3 aromatic rings. The Kier molecular flexibility index (Phi) is 3.34. The van der Waals surface area contributed by atoms with Crippen LogP contribution in [-0.4, -0.2) is 4.98 Å². The van der Waals surface area contributed by atoms with Gasteiger partial charge in [-0.15, -0.1) is 0 Å². The van der Waals surface area contributed by atoms with E-state index in [4.69, 9.17) is 16.3 Å². The standard InChI is InChI=1S/C16H12ClNO/c17-15-8-9-18-16-10-12(6-7-14(15)16)11-19-13-4-2-1-3-5-13/h1-10H,11H2. The first-order chi connectivity index (χ1) is 9.33. The van der Waals surface area contributed by atoms with Crippen molar-refractivity contribution in [2.75, 3.05) is 0 Å². The number of hydrogen-bond donors (Lipinski definition) is 0. The third-order valence-electron chi connectivity index (χ3n) is 2.90. The van der Waals surface area contributed by atoms with Gasteiger partial charge in [0.15, 0.2) is 0 Å². The molecule has 3 heteroatoms. The fourth-order valence-electron chi connectivity index (χ4n) is 1.93. The summed E-state index contributed by atoms with van der Waals surface area (Å²) in [4.78, 5) is 4.32. The number of halogens is 1. The molecule has 94 valence electrons. The van der Waals surface area contributed by atoms with Crippen LogP contribution in [0, 0.1) is 0 Å². The zero-order valence-corrected chi connectivity index (χ0v) is 11.0. The number of benzene rings is 2. The molecule has 0 bridgehead atoms. The Morgan fingerprint density at radius 3 is 2.68 bits per heavy atom. The van der Waals surface area contributed by atoms with Crippen molar-refractivity contribution in [3.8, 4) is 5.75 Å². The van der Waals surface area contributed by atoms with Crippen LogP contribution in [0.2, 0.25) is 5.02 Å². The second kappa shape index (κ2) is 5.29. The molecule has 0 N–H and O–H groups in total. The van der Waals surface area contributed by atoms with Crippen molar-refractivity contribution in [1.29, 1.82) is 0 Å². The molecule has 0 atom stereocenters. The van der Waals surface area contributed by atoms with Gasteiger partial charge in [-0.1, -0.05) is 41.9 Å². The van der Waals surface area contributed by atoms with Gasteiger partial charge in [0.2, 0.25) is 0 Å². The van der Waals surface area contributed by atoms with E-state index >= 15 is 0 Å². The summed E-state index contributed by atoms with van der Waals surface area (Å²) in [5.74, 6) is 0.863. The van der Waals surface area contributed by atoms with E-state index in [0.29, 0.717) is 6.61 Å². The van der Waals surface area contributed by atoms with Crippen LogP contribution in [-0.2, 0) is 6.61 Å². The number of nitrogens with zero attached hydrogens (tertiary/aromatic N) is 1. The predicted molar refractivity (Wildman–Crippen MR) is 77.5 cm³/mol. The molecular weight excluding hydrogens is 258 g/mol. The molecule has 0 fully saturated rings. The summed E-state index contributed by atoms with van der Waals surface area (Å²) in [5.41, 5.74) is 1.97. The van der Waals surface area contributed by atoms with Crippen molar-refractivity contribution >= 4 is 22.5 Å². The van der Waals surface area contributed by atoms with Crippen LogP contribution < -0.4 is 4.74 Å². The minimum Gasteiger partial charge on any atom is -0.489 e. The van der Waals surface area contributed by atoms with Crippen LogP contribution in [0.25, 0.3) is 10.9 Å². The Labute approximate surface area is 116 Å². The lowest BCUT2D eigenvalue weighted by Crippen LogP contribution is -1.95. The lowest BCUT2D eigenvalue weighted by molar-refractivity contribution is 0.306. The number of pyridine rings is 1. The number of ether oxygens (including phenoxy) is 1. The second-order valence-electron chi connectivity index (χ2n) is 4.25. The van der Waals surface area contributed by atoms with E-state index in [-0.39, 0.29) is 0 Å². The van der Waals surface area contributed by atoms with Gasteiger partial charge >= 0.3 is 0 Å². The first-order valence-electron chi connectivity index (χ1n) is 6.04. The molecule has 0 aliphatic heterocycles. The Bertz CT molecular complexity index is 697. The zero-order chi connectivity index (χ0) is 13.1. The van der Waals surface area contributed by atoms with Crippen LogP contribution >= 0.6 is 11.6 Å². The molecule has 1 aromatic heterocycles. The van der Waals surface area contributed by atoms with Crippen molar-refractivity contribution in [3.05, 3.63) is 71.4 Å². The summed E-state index contributed by atoms with van der Waals surface area (Å²) < 4.78 is 5.71. The molecule has 1 heterocycles. The van der Waals surface area contributed by atoms with E-state index in [1.807, 2.05) is 48.5 Å². The maximum Gasteiger partial charge on any atom is 0.119 e. The summed E-state index contributed by atoms with van der Waals surface area (Å²) >= 11 is 6.11. The molecule has 2 nitrogen and oxygen atoms in total. The fraction of sp³-hybridized carbons (Fsp3) is 0.0625. The molecule has 0 radical (unpaired) electrons. The molecule has 0 saturated heterocycles. The summed E-state index contributed by atoms with van der Waals surface area (Å²) in [7, 11) is 0. The minimum absolute atomic E-state index is 0.522. The van der Waals surface area contributed by atoms with Crippen molar-refractivity contribution in [1.82, 2.24) is 4.98 Å². The first-order valence-corrected chi connectivity index (χ1v) is 6.42. The van der Waals surface area contributed by atoms with E-state index in [2.05, 4.69) is 4.98 Å². The van der Waals surface area contributed by atoms with Crippen molar-refractivity contribution in [3.63, 3.8) is 0 Å². The van der Waals surface area contributed by atoms with Gasteiger partial charge in [-0.2, -0.15) is 0 Å². The lowest BCUT2D eigenvalue weighted by Gasteiger charge is -2.07. The number of para-hydroxylation sites is 1. The maximum atomic E-state index is 6.11. The van der Waals surface area contributed by atoms with Gasteiger partial charge < -0.3 is 4.74 Å². The molecule has 0 aliphatic rings. The van der Waals surface area contributed by atoms with E-state index < -0.39 is 0 Å². The highest BCUT2D eigenvalue weighted by Crippen LogP contribution is 2.22. The Balaban J connectivity index is 1.82. The van der Waals surface area contributed by atoms with Crippen molar-refractivity contribution < 1.29 is 4.74 Å². The third-order valence-corrected chi connectivity index (χ3v) is 3.23. The molecule has 0 spiro atoms. The second-order valence-corrected chi connectivity index (χ2v) is 4.65. The summed E-state index contributed by atoms with van der Waals surface area (Å²) in [6.45, 7) is 0.522. The predicted octanol–water partition coefficient (Wildman–Crippen LogP) is 4.47. The smallest absolute Gasteiger partial charge is 0.119 e. The SMILES string of the molecule is Clc1ccnc2cc(COc3ccccc3)ccc12. The van der Waals surface area contributed by atoms with Crippen molar-refractivity contribution in [2.24, 2.45) is 0 Å². The monoisotopic (exact) mass is 269 g/mol. The molecular formula is C16H12ClNO. The molecule has 19 heavy (non-hydrogen) atoms. The van der Waals surface area contributed by atoms with Crippen molar-refractivity contribution in [2.45, 2.75) is 6.61 Å². The molecule has 0 amide bonds. The number of aromatic nitrogens is 1. The normalized spacial score (nSPS) is 10.6. The van der Waals surface area contributed by atoms with Crippen LogP contribution in [0.1, 0.15) is 5.56 Å².